The molecule has 0 aromatic heterocycles. The van der Waals surface area contributed by atoms with E-state index in [2.05, 4.69) is 20.8 Å². The molecule has 1 rings (SSSR count). The summed E-state index contributed by atoms with van der Waals surface area (Å²) in [7, 11) is 0. The van der Waals surface area contributed by atoms with Gasteiger partial charge in [-0.05, 0) is 48.1 Å². The second-order valence-corrected chi connectivity index (χ2v) is 3.50. The molecule has 0 fully saturated rings. The fourth-order valence-electron chi connectivity index (χ4n) is 1.98. The van der Waals surface area contributed by atoms with Crippen LogP contribution >= 0.6 is 0 Å². The van der Waals surface area contributed by atoms with Crippen molar-refractivity contribution < 1.29 is 4.79 Å². The van der Waals surface area contributed by atoms with Crippen LogP contribution in [0, 0.1) is 0 Å². The molecule has 0 radical (unpaired) electrons. The Balaban J connectivity index is 3.31. The van der Waals surface area contributed by atoms with E-state index in [1.165, 1.54) is 16.7 Å². The topological polar surface area (TPSA) is 17.1 Å². The smallest absolute Gasteiger partial charge is 0.150 e. The average molecular weight is 190 g/mol. The van der Waals surface area contributed by atoms with Gasteiger partial charge in [0.15, 0.2) is 0 Å². The van der Waals surface area contributed by atoms with Crippen molar-refractivity contribution in [2.75, 3.05) is 0 Å². The van der Waals surface area contributed by atoms with Crippen molar-refractivity contribution in [2.45, 2.75) is 40.0 Å². The van der Waals surface area contributed by atoms with E-state index >= 15 is 0 Å². The molecular weight excluding hydrogens is 172 g/mol. The van der Waals surface area contributed by atoms with Crippen LogP contribution in [0.2, 0.25) is 0 Å². The predicted molar refractivity (Wildman–Crippen MR) is 60.0 cm³/mol. The lowest BCUT2D eigenvalue weighted by Crippen LogP contribution is -1.99. The summed E-state index contributed by atoms with van der Waals surface area (Å²) in [5.74, 6) is 0. The van der Waals surface area contributed by atoms with Gasteiger partial charge in [0, 0.05) is 5.56 Å². The van der Waals surface area contributed by atoms with E-state index in [0.29, 0.717) is 0 Å². The van der Waals surface area contributed by atoms with Gasteiger partial charge < -0.3 is 0 Å². The lowest BCUT2D eigenvalue weighted by molar-refractivity contribution is 0.112. The van der Waals surface area contributed by atoms with Gasteiger partial charge >= 0.3 is 0 Å². The van der Waals surface area contributed by atoms with E-state index < -0.39 is 0 Å². The molecule has 0 spiro atoms. The molecule has 0 unspecified atom stereocenters. The van der Waals surface area contributed by atoms with E-state index in [-0.39, 0.29) is 0 Å². The van der Waals surface area contributed by atoms with Crippen molar-refractivity contribution in [2.24, 2.45) is 0 Å². The lowest BCUT2D eigenvalue weighted by Gasteiger charge is -2.12. The summed E-state index contributed by atoms with van der Waals surface area (Å²) < 4.78 is 0. The Bertz CT molecular complexity index is 301. The Hall–Kier alpha value is -1.11. The molecule has 0 aliphatic carbocycles. The van der Waals surface area contributed by atoms with E-state index in [1.54, 1.807) is 0 Å². The zero-order chi connectivity index (χ0) is 10.6. The van der Waals surface area contributed by atoms with Crippen LogP contribution in [0.3, 0.4) is 0 Å². The quantitative estimate of drug-likeness (QED) is 0.666. The Labute approximate surface area is 86.1 Å². The van der Waals surface area contributed by atoms with Gasteiger partial charge in [-0.15, -0.1) is 0 Å². The van der Waals surface area contributed by atoms with E-state index in [4.69, 9.17) is 0 Å². The van der Waals surface area contributed by atoms with Crippen molar-refractivity contribution in [3.8, 4) is 0 Å². The Morgan fingerprint density at radius 1 is 1.00 bits per heavy atom. The zero-order valence-corrected chi connectivity index (χ0v) is 9.26. The van der Waals surface area contributed by atoms with Crippen molar-refractivity contribution in [3.05, 3.63) is 34.4 Å². The minimum atomic E-state index is 0.816. The lowest BCUT2D eigenvalue weighted by atomic mass is 9.93. The molecule has 14 heavy (non-hydrogen) atoms. The minimum absolute atomic E-state index is 0.816. The number of rotatable bonds is 4. The second-order valence-electron chi connectivity index (χ2n) is 3.50. The molecule has 0 aliphatic heterocycles. The maximum absolute atomic E-state index is 10.7. The van der Waals surface area contributed by atoms with Crippen LogP contribution in [-0.4, -0.2) is 6.29 Å². The van der Waals surface area contributed by atoms with Crippen LogP contribution in [0.1, 0.15) is 47.8 Å². The fourth-order valence-corrected chi connectivity index (χ4v) is 1.98. The van der Waals surface area contributed by atoms with Crippen LogP contribution in [-0.2, 0) is 19.3 Å². The number of hydrogen-bond acceptors (Lipinski definition) is 1. The summed E-state index contributed by atoms with van der Waals surface area (Å²) in [5.41, 5.74) is 4.90. The van der Waals surface area contributed by atoms with Gasteiger partial charge in [-0.3, -0.25) is 4.79 Å². The molecule has 0 atom stereocenters. The highest BCUT2D eigenvalue weighted by Crippen LogP contribution is 2.19. The highest BCUT2D eigenvalue weighted by atomic mass is 16.1. The second kappa shape index (κ2) is 4.94. The van der Waals surface area contributed by atoms with Gasteiger partial charge in [0.2, 0.25) is 0 Å². The van der Waals surface area contributed by atoms with Gasteiger partial charge in [-0.2, -0.15) is 0 Å². The summed E-state index contributed by atoms with van der Waals surface area (Å²) in [6.45, 7) is 6.46. The van der Waals surface area contributed by atoms with Crippen molar-refractivity contribution in [1.82, 2.24) is 0 Å². The highest BCUT2D eigenvalue weighted by Gasteiger charge is 2.06. The summed E-state index contributed by atoms with van der Waals surface area (Å²) in [4.78, 5) is 10.7. The van der Waals surface area contributed by atoms with E-state index in [1.807, 2.05) is 12.1 Å². The maximum Gasteiger partial charge on any atom is 0.150 e. The van der Waals surface area contributed by atoms with Crippen LogP contribution < -0.4 is 0 Å². The maximum atomic E-state index is 10.7. The summed E-state index contributed by atoms with van der Waals surface area (Å²) in [5, 5.41) is 0. The van der Waals surface area contributed by atoms with Crippen LogP contribution in [0.4, 0.5) is 0 Å². The largest absolute Gasteiger partial charge is 0.298 e. The molecule has 0 bridgehead atoms. The number of carbonyl (C=O) groups excluding carboxylic acids is 1. The summed E-state index contributed by atoms with van der Waals surface area (Å²) in [6, 6.07) is 4.04. The Kier molecular flexibility index (Phi) is 3.87. The number of aldehydes is 1. The number of aryl methyl sites for hydroxylation is 2. The molecule has 76 valence electrons. The Morgan fingerprint density at radius 2 is 1.50 bits per heavy atom. The van der Waals surface area contributed by atoms with Crippen LogP contribution in [0.15, 0.2) is 12.1 Å². The van der Waals surface area contributed by atoms with Gasteiger partial charge in [-0.1, -0.05) is 20.8 Å². The first-order valence-electron chi connectivity index (χ1n) is 5.36. The molecule has 0 saturated heterocycles. The molecule has 0 amide bonds. The first-order chi connectivity index (χ1) is 6.76. The molecular formula is C13H18O. The van der Waals surface area contributed by atoms with Crippen molar-refractivity contribution >= 4 is 6.29 Å². The van der Waals surface area contributed by atoms with Gasteiger partial charge in [-0.25, -0.2) is 0 Å². The van der Waals surface area contributed by atoms with Crippen molar-refractivity contribution in [1.29, 1.82) is 0 Å². The molecule has 0 N–H and O–H groups in total. The molecule has 1 aromatic carbocycles. The molecule has 1 heteroatoms. The SMILES string of the molecule is CCc1cc(C=O)cc(CC)c1CC. The Morgan fingerprint density at radius 3 is 1.79 bits per heavy atom. The summed E-state index contributed by atoms with van der Waals surface area (Å²) in [6.07, 6.45) is 4.03. The first kappa shape index (κ1) is 11.0. The van der Waals surface area contributed by atoms with Crippen molar-refractivity contribution in [3.63, 3.8) is 0 Å². The standard InChI is InChI=1S/C13H18O/c1-4-11-7-10(9-14)8-12(5-2)13(11)6-3/h7-9H,4-6H2,1-3H3. The van der Waals surface area contributed by atoms with E-state index in [9.17, 15) is 4.79 Å². The number of hydrogen-bond donors (Lipinski definition) is 0. The molecule has 0 heterocycles. The average Bonchev–Trinajstić information content (AvgIpc) is 2.26. The monoisotopic (exact) mass is 190 g/mol. The zero-order valence-electron chi connectivity index (χ0n) is 9.26. The van der Waals surface area contributed by atoms with Crippen LogP contribution in [0.25, 0.3) is 0 Å². The number of carbonyl (C=O) groups is 1. The number of benzene rings is 1. The minimum Gasteiger partial charge on any atom is -0.298 e. The normalized spacial score (nSPS) is 10.2. The molecule has 1 aromatic rings. The van der Waals surface area contributed by atoms with Gasteiger partial charge in [0.05, 0.1) is 0 Å². The summed E-state index contributed by atoms with van der Waals surface area (Å²) >= 11 is 0. The fraction of sp³-hybridized carbons (Fsp3) is 0.462. The van der Waals surface area contributed by atoms with Gasteiger partial charge in [0.1, 0.15) is 6.29 Å². The highest BCUT2D eigenvalue weighted by molar-refractivity contribution is 5.76. The third-order valence-electron chi connectivity index (χ3n) is 2.71. The molecule has 0 saturated carbocycles. The van der Waals surface area contributed by atoms with Gasteiger partial charge in [0.25, 0.3) is 0 Å². The first-order valence-corrected chi connectivity index (χ1v) is 5.36. The van der Waals surface area contributed by atoms with Crippen LogP contribution in [0.5, 0.6) is 0 Å². The molecule has 1 nitrogen and oxygen atoms in total. The predicted octanol–water partition coefficient (Wildman–Crippen LogP) is 3.19. The van der Waals surface area contributed by atoms with E-state index in [0.717, 1.165) is 31.1 Å². The third kappa shape index (κ3) is 2.03. The third-order valence-corrected chi connectivity index (χ3v) is 2.71. The molecule has 0 aliphatic rings.